The Kier molecular flexibility index (Phi) is 45.6. The van der Waals surface area contributed by atoms with Gasteiger partial charge in [0.25, 0.3) is 0 Å². The summed E-state index contributed by atoms with van der Waals surface area (Å²) in [6.45, 7) is 6.46. The molecule has 346 valence electrons. The first kappa shape index (κ1) is 57.1. The molecule has 1 amide bonds. The molecule has 0 saturated carbocycles. The number of ether oxygens (including phenoxy) is 1. The molecule has 0 aliphatic rings. The van der Waals surface area contributed by atoms with Crippen molar-refractivity contribution in [3.8, 4) is 0 Å². The van der Waals surface area contributed by atoms with E-state index in [1.54, 1.807) is 0 Å². The Balaban J connectivity index is 4.63. The second-order valence-electron chi connectivity index (χ2n) is 17.6. The Morgan fingerprint density at radius 2 is 0.864 bits per heavy atom. The Morgan fingerprint density at radius 1 is 0.492 bits per heavy atom. The number of rotatable bonds is 46. The number of aliphatic hydroxyl groups excluding tert-OH is 2. The van der Waals surface area contributed by atoms with Crippen LogP contribution in [0.3, 0.4) is 0 Å². The van der Waals surface area contributed by atoms with Crippen LogP contribution in [0.25, 0.3) is 0 Å². The minimum atomic E-state index is -0.794. The fraction of sp³-hybridized carbons (Fsp3) is 0.849. The van der Waals surface area contributed by atoms with E-state index in [4.69, 9.17) is 4.74 Å². The number of amides is 1. The molecule has 0 aromatic carbocycles. The van der Waals surface area contributed by atoms with Crippen LogP contribution in [-0.2, 0) is 14.3 Å². The van der Waals surface area contributed by atoms with Crippen molar-refractivity contribution in [2.45, 2.75) is 283 Å². The average molecular weight is 830 g/mol. The average Bonchev–Trinajstić information content (AvgIpc) is 3.23. The van der Waals surface area contributed by atoms with Gasteiger partial charge < -0.3 is 20.3 Å². The smallest absolute Gasteiger partial charge is 0.306 e. The first-order chi connectivity index (χ1) is 29.0. The molecule has 0 fully saturated rings. The number of esters is 1. The zero-order valence-corrected chi connectivity index (χ0v) is 39.4. The van der Waals surface area contributed by atoms with Gasteiger partial charge in [-0.15, -0.1) is 0 Å². The third kappa shape index (κ3) is 42.6. The lowest BCUT2D eigenvalue weighted by Gasteiger charge is -2.24. The Hall–Kier alpha value is -1.92. The van der Waals surface area contributed by atoms with E-state index in [2.05, 4.69) is 62.5 Å². The quantitative estimate of drug-likeness (QED) is 0.0323. The second-order valence-corrected chi connectivity index (χ2v) is 17.6. The highest BCUT2D eigenvalue weighted by Crippen LogP contribution is 2.18. The van der Waals surface area contributed by atoms with Crippen molar-refractivity contribution >= 4 is 11.9 Å². The van der Waals surface area contributed by atoms with Crippen LogP contribution >= 0.6 is 0 Å². The summed E-state index contributed by atoms with van der Waals surface area (Å²) in [6, 6.07) is -0.709. The molecule has 0 aliphatic heterocycles. The molecule has 0 aromatic heterocycles. The van der Waals surface area contributed by atoms with Gasteiger partial charge in [0.15, 0.2) is 0 Å². The van der Waals surface area contributed by atoms with Crippen LogP contribution in [0, 0.1) is 0 Å². The van der Waals surface area contributed by atoms with Crippen LogP contribution in [-0.4, -0.2) is 46.9 Å². The van der Waals surface area contributed by atoms with Crippen molar-refractivity contribution in [1.29, 1.82) is 0 Å². The molecule has 6 nitrogen and oxygen atoms in total. The number of carbonyl (C=O) groups excluding carboxylic acids is 2. The van der Waals surface area contributed by atoms with Gasteiger partial charge >= 0.3 is 5.97 Å². The van der Waals surface area contributed by atoms with Gasteiger partial charge in [-0.3, -0.25) is 9.59 Å². The lowest BCUT2D eigenvalue weighted by atomic mass is 10.0. The molecule has 0 rings (SSSR count). The minimum absolute atomic E-state index is 0.0584. The first-order valence-corrected chi connectivity index (χ1v) is 25.7. The molecule has 0 bridgehead atoms. The van der Waals surface area contributed by atoms with E-state index >= 15 is 0 Å². The van der Waals surface area contributed by atoms with E-state index in [1.165, 1.54) is 148 Å². The molecule has 0 spiro atoms. The first-order valence-electron chi connectivity index (χ1n) is 25.7. The van der Waals surface area contributed by atoms with Gasteiger partial charge in [0.05, 0.1) is 25.2 Å². The molecule has 0 aromatic rings. The standard InChI is InChI=1S/C53H99NO5/c1-4-7-10-13-16-19-22-24-25-26-28-30-32-35-38-41-44-49(59-53(58)46-43-40-37-34-29-21-18-15-12-9-6-3)47-52(57)54-50(48-55)51(56)45-42-39-36-33-31-27-23-20-17-14-11-8-5-2/h22,24-26,28,30,49-51,55-56H,4-21,23,27,29,31-48H2,1-3H3,(H,54,57)/b24-22+,26-25+,30-28+. The lowest BCUT2D eigenvalue weighted by molar-refractivity contribution is -0.151. The highest BCUT2D eigenvalue weighted by molar-refractivity contribution is 5.77. The van der Waals surface area contributed by atoms with E-state index in [1.807, 2.05) is 0 Å². The highest BCUT2D eigenvalue weighted by atomic mass is 16.5. The van der Waals surface area contributed by atoms with E-state index in [0.29, 0.717) is 19.3 Å². The summed E-state index contributed by atoms with van der Waals surface area (Å²) < 4.78 is 5.91. The Bertz CT molecular complexity index is 977. The Morgan fingerprint density at radius 3 is 1.31 bits per heavy atom. The van der Waals surface area contributed by atoms with Gasteiger partial charge in [-0.05, 0) is 51.4 Å². The second kappa shape index (κ2) is 47.1. The highest BCUT2D eigenvalue weighted by Gasteiger charge is 2.24. The van der Waals surface area contributed by atoms with Crippen molar-refractivity contribution in [2.75, 3.05) is 6.61 Å². The molecule has 0 radical (unpaired) electrons. The van der Waals surface area contributed by atoms with Crippen LogP contribution in [0.15, 0.2) is 36.5 Å². The fourth-order valence-electron chi connectivity index (χ4n) is 7.84. The summed E-state index contributed by atoms with van der Waals surface area (Å²) in [5, 5.41) is 23.7. The van der Waals surface area contributed by atoms with Gasteiger partial charge in [-0.25, -0.2) is 0 Å². The maximum Gasteiger partial charge on any atom is 0.306 e. The largest absolute Gasteiger partial charge is 0.462 e. The van der Waals surface area contributed by atoms with E-state index in [0.717, 1.165) is 70.6 Å². The number of hydrogen-bond acceptors (Lipinski definition) is 5. The van der Waals surface area contributed by atoms with Gasteiger partial charge in [-0.2, -0.15) is 0 Å². The molecule has 3 atom stereocenters. The normalized spacial score (nSPS) is 13.5. The summed E-state index contributed by atoms with van der Waals surface area (Å²) in [4.78, 5) is 26.1. The molecule has 0 heterocycles. The molecule has 0 saturated heterocycles. The Labute approximate surface area is 366 Å². The van der Waals surface area contributed by atoms with Crippen molar-refractivity contribution in [2.24, 2.45) is 0 Å². The topological polar surface area (TPSA) is 95.9 Å². The third-order valence-corrected chi connectivity index (χ3v) is 11.8. The van der Waals surface area contributed by atoms with Crippen molar-refractivity contribution in [3.05, 3.63) is 36.5 Å². The monoisotopic (exact) mass is 830 g/mol. The summed E-state index contributed by atoms with van der Waals surface area (Å²) in [6.07, 6.45) is 54.8. The molecular weight excluding hydrogens is 731 g/mol. The van der Waals surface area contributed by atoms with Crippen molar-refractivity contribution < 1.29 is 24.5 Å². The van der Waals surface area contributed by atoms with Crippen LogP contribution in [0.4, 0.5) is 0 Å². The fourth-order valence-corrected chi connectivity index (χ4v) is 7.84. The molecule has 6 heteroatoms. The summed E-state index contributed by atoms with van der Waals surface area (Å²) in [5.41, 5.74) is 0. The lowest BCUT2D eigenvalue weighted by Crippen LogP contribution is -2.46. The molecule has 0 aliphatic carbocycles. The van der Waals surface area contributed by atoms with Crippen LogP contribution < -0.4 is 5.32 Å². The van der Waals surface area contributed by atoms with Crippen LogP contribution in [0.2, 0.25) is 0 Å². The van der Waals surface area contributed by atoms with Crippen LogP contribution in [0.5, 0.6) is 0 Å². The van der Waals surface area contributed by atoms with Gasteiger partial charge in [0, 0.05) is 6.42 Å². The molecule has 3 unspecified atom stereocenters. The van der Waals surface area contributed by atoms with Crippen molar-refractivity contribution in [3.63, 3.8) is 0 Å². The number of allylic oxidation sites excluding steroid dienone is 6. The number of nitrogens with one attached hydrogen (secondary N) is 1. The predicted octanol–water partition coefficient (Wildman–Crippen LogP) is 15.3. The maximum atomic E-state index is 13.2. The van der Waals surface area contributed by atoms with Gasteiger partial charge in [0.1, 0.15) is 6.10 Å². The number of unbranched alkanes of at least 4 members (excludes halogenated alkanes) is 30. The summed E-state index contributed by atoms with van der Waals surface area (Å²) in [7, 11) is 0. The maximum absolute atomic E-state index is 13.2. The van der Waals surface area contributed by atoms with Gasteiger partial charge in [0.2, 0.25) is 5.91 Å². The number of aliphatic hydroxyl groups is 2. The van der Waals surface area contributed by atoms with Crippen LogP contribution in [0.1, 0.15) is 265 Å². The minimum Gasteiger partial charge on any atom is -0.462 e. The summed E-state index contributed by atoms with van der Waals surface area (Å²) >= 11 is 0. The van der Waals surface area contributed by atoms with E-state index in [-0.39, 0.29) is 24.9 Å². The number of hydrogen-bond donors (Lipinski definition) is 3. The molecule has 3 N–H and O–H groups in total. The number of carbonyl (C=O) groups is 2. The van der Waals surface area contributed by atoms with E-state index < -0.39 is 18.2 Å². The molecule has 59 heavy (non-hydrogen) atoms. The van der Waals surface area contributed by atoms with E-state index in [9.17, 15) is 19.8 Å². The SMILES string of the molecule is CCCCCCC/C=C/C=C/C=C/CCCCCC(CC(=O)NC(CO)C(O)CCCCCCCCCCCCCCC)OC(=O)CCCCCCCCCCCCC. The zero-order valence-electron chi connectivity index (χ0n) is 39.4. The van der Waals surface area contributed by atoms with Gasteiger partial charge in [-0.1, -0.05) is 237 Å². The zero-order chi connectivity index (χ0) is 43.1. The third-order valence-electron chi connectivity index (χ3n) is 11.8. The summed E-state index contributed by atoms with van der Waals surface area (Å²) in [5.74, 6) is -0.499. The molecular formula is C53H99NO5. The van der Waals surface area contributed by atoms with Crippen molar-refractivity contribution in [1.82, 2.24) is 5.32 Å². The predicted molar refractivity (Wildman–Crippen MR) is 255 cm³/mol.